The van der Waals surface area contributed by atoms with Gasteiger partial charge < -0.3 is 9.84 Å². The maximum Gasteiger partial charge on any atom is 0.243 e. The van der Waals surface area contributed by atoms with Gasteiger partial charge in [-0.15, -0.1) is 0 Å². The predicted octanol–water partition coefficient (Wildman–Crippen LogP) is 3.37. The molecule has 0 aliphatic rings. The minimum absolute atomic E-state index is 0.0763. The highest BCUT2D eigenvalue weighted by Gasteiger charge is 2.14. The van der Waals surface area contributed by atoms with Crippen LogP contribution in [0.5, 0.6) is 0 Å². The average Bonchev–Trinajstić information content (AvgIpc) is 2.87. The van der Waals surface area contributed by atoms with Crippen LogP contribution < -0.4 is 5.32 Å². The zero-order chi connectivity index (χ0) is 13.7. The first-order valence-electron chi connectivity index (χ1n) is 6.50. The van der Waals surface area contributed by atoms with E-state index in [1.165, 1.54) is 0 Å². The molecule has 0 fully saturated rings. The highest BCUT2D eigenvalue weighted by atomic mass is 35.5. The normalized spacial score (nSPS) is 12.6. The van der Waals surface area contributed by atoms with Crippen molar-refractivity contribution in [2.45, 2.75) is 32.7 Å². The first-order valence-corrected chi connectivity index (χ1v) is 6.87. The monoisotopic (exact) mass is 279 g/mol. The Morgan fingerprint density at radius 1 is 1.37 bits per heavy atom. The van der Waals surface area contributed by atoms with Crippen LogP contribution in [0.4, 0.5) is 0 Å². The van der Waals surface area contributed by atoms with Crippen LogP contribution in [0.15, 0.2) is 28.8 Å². The van der Waals surface area contributed by atoms with Gasteiger partial charge in [-0.2, -0.15) is 4.98 Å². The molecular formula is C14H18ClN3O. The summed E-state index contributed by atoms with van der Waals surface area (Å²) in [6.45, 7) is 5.07. The molecule has 1 heterocycles. The Hall–Kier alpha value is -1.39. The summed E-state index contributed by atoms with van der Waals surface area (Å²) in [5.41, 5.74) is 1.01. The highest BCUT2D eigenvalue weighted by molar-refractivity contribution is 6.31. The van der Waals surface area contributed by atoms with E-state index in [0.717, 1.165) is 23.6 Å². The summed E-state index contributed by atoms with van der Waals surface area (Å²) in [6, 6.07) is 7.77. The molecule has 1 atom stereocenters. The van der Waals surface area contributed by atoms with Crippen molar-refractivity contribution in [2.75, 3.05) is 6.54 Å². The third-order valence-corrected chi connectivity index (χ3v) is 3.23. The molecule has 0 spiro atoms. The van der Waals surface area contributed by atoms with Crippen molar-refractivity contribution in [3.05, 3.63) is 46.6 Å². The fourth-order valence-electron chi connectivity index (χ4n) is 1.78. The Morgan fingerprint density at radius 2 is 2.16 bits per heavy atom. The van der Waals surface area contributed by atoms with Crippen LogP contribution in [-0.4, -0.2) is 16.7 Å². The van der Waals surface area contributed by atoms with Gasteiger partial charge in [0, 0.05) is 11.4 Å². The molecule has 0 radical (unpaired) electrons. The first kappa shape index (κ1) is 14.0. The minimum atomic E-state index is 0.0763. The number of aromatic nitrogens is 2. The van der Waals surface area contributed by atoms with Crippen molar-refractivity contribution in [2.24, 2.45) is 0 Å². The van der Waals surface area contributed by atoms with E-state index in [1.54, 1.807) is 0 Å². The molecule has 2 aromatic rings. The third-order valence-electron chi connectivity index (χ3n) is 2.86. The fraction of sp³-hybridized carbons (Fsp3) is 0.429. The topological polar surface area (TPSA) is 51.0 Å². The Morgan fingerprint density at radius 3 is 2.89 bits per heavy atom. The van der Waals surface area contributed by atoms with E-state index < -0.39 is 0 Å². The van der Waals surface area contributed by atoms with Gasteiger partial charge >= 0.3 is 0 Å². The van der Waals surface area contributed by atoms with Crippen LogP contribution in [-0.2, 0) is 6.42 Å². The van der Waals surface area contributed by atoms with Crippen molar-refractivity contribution in [3.8, 4) is 0 Å². The van der Waals surface area contributed by atoms with E-state index in [-0.39, 0.29) is 6.04 Å². The summed E-state index contributed by atoms with van der Waals surface area (Å²) in [7, 11) is 0. The fourth-order valence-corrected chi connectivity index (χ4v) is 1.98. The lowest BCUT2D eigenvalue weighted by Crippen LogP contribution is -2.19. The largest absolute Gasteiger partial charge is 0.338 e. The second-order valence-corrected chi connectivity index (χ2v) is 4.90. The van der Waals surface area contributed by atoms with E-state index in [1.807, 2.05) is 31.2 Å². The molecule has 102 valence electrons. The van der Waals surface area contributed by atoms with Crippen molar-refractivity contribution in [3.63, 3.8) is 0 Å². The van der Waals surface area contributed by atoms with Crippen LogP contribution in [0.3, 0.4) is 0 Å². The summed E-state index contributed by atoms with van der Waals surface area (Å²) in [4.78, 5) is 4.40. The first-order chi connectivity index (χ1) is 9.20. The number of hydrogen-bond acceptors (Lipinski definition) is 4. The number of nitrogens with zero attached hydrogens (tertiary/aromatic N) is 2. The lowest BCUT2D eigenvalue weighted by Gasteiger charge is -2.06. The van der Waals surface area contributed by atoms with Crippen molar-refractivity contribution >= 4 is 11.6 Å². The second kappa shape index (κ2) is 6.68. The zero-order valence-electron chi connectivity index (χ0n) is 11.2. The van der Waals surface area contributed by atoms with Crippen molar-refractivity contribution in [1.29, 1.82) is 0 Å². The number of hydrogen-bond donors (Lipinski definition) is 1. The van der Waals surface area contributed by atoms with Crippen LogP contribution in [0.2, 0.25) is 5.02 Å². The molecule has 0 aliphatic carbocycles. The van der Waals surface area contributed by atoms with E-state index in [0.29, 0.717) is 18.1 Å². The predicted molar refractivity (Wildman–Crippen MR) is 75.3 cm³/mol. The molecule has 1 N–H and O–H groups in total. The molecule has 1 aromatic heterocycles. The zero-order valence-corrected chi connectivity index (χ0v) is 11.9. The van der Waals surface area contributed by atoms with Gasteiger partial charge in [0.2, 0.25) is 5.89 Å². The number of rotatable bonds is 6. The number of halogens is 1. The van der Waals surface area contributed by atoms with E-state index in [9.17, 15) is 0 Å². The maximum absolute atomic E-state index is 6.11. The van der Waals surface area contributed by atoms with Gasteiger partial charge in [-0.1, -0.05) is 41.9 Å². The van der Waals surface area contributed by atoms with Gasteiger partial charge in [0.15, 0.2) is 5.82 Å². The molecule has 0 aliphatic heterocycles. The van der Waals surface area contributed by atoms with E-state index in [2.05, 4.69) is 22.4 Å². The van der Waals surface area contributed by atoms with Gasteiger partial charge in [-0.3, -0.25) is 0 Å². The molecular weight excluding hydrogens is 262 g/mol. The molecule has 0 saturated carbocycles. The molecule has 5 heteroatoms. The summed E-state index contributed by atoms with van der Waals surface area (Å²) in [6.07, 6.45) is 1.66. The Labute approximate surface area is 118 Å². The Balaban J connectivity index is 2.03. The smallest absolute Gasteiger partial charge is 0.243 e. The van der Waals surface area contributed by atoms with E-state index >= 15 is 0 Å². The molecule has 1 aromatic carbocycles. The Bertz CT molecular complexity index is 527. The molecule has 1 unspecified atom stereocenters. The SMILES string of the molecule is CCCNC(C)c1nc(Cc2ccccc2Cl)no1. The summed E-state index contributed by atoms with van der Waals surface area (Å²) >= 11 is 6.11. The molecule has 4 nitrogen and oxygen atoms in total. The lowest BCUT2D eigenvalue weighted by molar-refractivity contribution is 0.337. The molecule has 0 amide bonds. The van der Waals surface area contributed by atoms with Gasteiger partial charge in [-0.25, -0.2) is 0 Å². The highest BCUT2D eigenvalue weighted by Crippen LogP contribution is 2.18. The van der Waals surface area contributed by atoms with Gasteiger partial charge in [0.1, 0.15) is 0 Å². The molecule has 0 saturated heterocycles. The average molecular weight is 280 g/mol. The van der Waals surface area contributed by atoms with Crippen LogP contribution >= 0.6 is 11.6 Å². The summed E-state index contributed by atoms with van der Waals surface area (Å²) < 4.78 is 5.27. The van der Waals surface area contributed by atoms with Gasteiger partial charge in [0.25, 0.3) is 0 Å². The van der Waals surface area contributed by atoms with Crippen molar-refractivity contribution in [1.82, 2.24) is 15.5 Å². The number of benzene rings is 1. The van der Waals surface area contributed by atoms with Gasteiger partial charge in [-0.05, 0) is 31.5 Å². The minimum Gasteiger partial charge on any atom is -0.338 e. The Kier molecular flexibility index (Phi) is 4.93. The number of nitrogens with one attached hydrogen (secondary N) is 1. The second-order valence-electron chi connectivity index (χ2n) is 4.49. The van der Waals surface area contributed by atoms with Crippen LogP contribution in [0.1, 0.15) is 43.6 Å². The molecule has 0 bridgehead atoms. The summed E-state index contributed by atoms with van der Waals surface area (Å²) in [5.74, 6) is 1.28. The van der Waals surface area contributed by atoms with Crippen LogP contribution in [0.25, 0.3) is 0 Å². The van der Waals surface area contributed by atoms with Crippen LogP contribution in [0, 0.1) is 0 Å². The molecule has 2 rings (SSSR count). The summed E-state index contributed by atoms with van der Waals surface area (Å²) in [5, 5.41) is 8.04. The third kappa shape index (κ3) is 3.78. The quantitative estimate of drug-likeness (QED) is 0.881. The molecule has 19 heavy (non-hydrogen) atoms. The lowest BCUT2D eigenvalue weighted by atomic mass is 10.1. The standard InChI is InChI=1S/C14H18ClN3O/c1-3-8-16-10(2)14-17-13(18-19-14)9-11-6-4-5-7-12(11)15/h4-7,10,16H,3,8-9H2,1-2H3. The van der Waals surface area contributed by atoms with Crippen molar-refractivity contribution < 1.29 is 4.52 Å². The maximum atomic E-state index is 6.11. The van der Waals surface area contributed by atoms with E-state index in [4.69, 9.17) is 16.1 Å². The van der Waals surface area contributed by atoms with Gasteiger partial charge in [0.05, 0.1) is 6.04 Å².